The first kappa shape index (κ1) is 35.1. The lowest BCUT2D eigenvalue weighted by molar-refractivity contribution is 0.00859. The summed E-state index contributed by atoms with van der Waals surface area (Å²) in [5.74, 6) is 0.626. The Labute approximate surface area is 287 Å². The molecule has 0 unspecified atom stereocenters. The van der Waals surface area contributed by atoms with Crippen LogP contribution in [0.1, 0.15) is 26.3 Å². The van der Waals surface area contributed by atoms with Gasteiger partial charge in [-0.25, -0.2) is 4.98 Å². The van der Waals surface area contributed by atoms with Crippen molar-refractivity contribution in [3.8, 4) is 23.2 Å². The number of hydrogen-bond acceptors (Lipinski definition) is 9. The van der Waals surface area contributed by atoms with Crippen LogP contribution in [0.15, 0.2) is 36.4 Å². The number of hydrogen-bond donors (Lipinski definition) is 0. The van der Waals surface area contributed by atoms with E-state index < -0.39 is 16.4 Å². The van der Waals surface area contributed by atoms with Gasteiger partial charge >= 0.3 is 0 Å². The number of rotatable bonds is 11. The van der Waals surface area contributed by atoms with Gasteiger partial charge in [0.2, 0.25) is 0 Å². The number of nitriles is 1. The van der Waals surface area contributed by atoms with Crippen molar-refractivity contribution in [1.29, 1.82) is 5.26 Å². The Morgan fingerprint density at radius 1 is 0.958 bits per heavy atom. The van der Waals surface area contributed by atoms with Gasteiger partial charge in [-0.3, -0.25) is 4.57 Å². The van der Waals surface area contributed by atoms with Crippen molar-refractivity contribution in [2.75, 3.05) is 51.0 Å². The summed E-state index contributed by atoms with van der Waals surface area (Å²) in [6.45, 7) is 23.3. The van der Waals surface area contributed by atoms with Gasteiger partial charge in [0.25, 0.3) is 0 Å². The maximum Gasteiger partial charge on any atom is 0.198 e. The Morgan fingerprint density at radius 2 is 1.62 bits per heavy atom. The van der Waals surface area contributed by atoms with Crippen LogP contribution < -0.4 is 9.64 Å². The van der Waals surface area contributed by atoms with Crippen molar-refractivity contribution >= 4 is 33.1 Å². The van der Waals surface area contributed by atoms with Gasteiger partial charge in [-0.1, -0.05) is 52.5 Å². The number of ether oxygens (including phenoxy) is 5. The molecule has 0 saturated carbocycles. The molecule has 3 saturated heterocycles. The minimum absolute atomic E-state index is 0.0922. The first-order valence-corrected chi connectivity index (χ1v) is 23.9. The Kier molecular flexibility index (Phi) is 10.1. The summed E-state index contributed by atoms with van der Waals surface area (Å²) in [6, 6.07) is 15.6. The summed E-state index contributed by atoms with van der Waals surface area (Å²) in [7, 11) is -3.28. The summed E-state index contributed by atoms with van der Waals surface area (Å²) in [4.78, 5) is 7.35. The van der Waals surface area contributed by atoms with Crippen LogP contribution >= 0.6 is 0 Å². The lowest BCUT2D eigenvalue weighted by atomic mass is 10.1. The van der Waals surface area contributed by atoms with Crippen molar-refractivity contribution < 1.29 is 28.1 Å². The van der Waals surface area contributed by atoms with Crippen molar-refractivity contribution in [2.24, 2.45) is 0 Å². The third-order valence-electron chi connectivity index (χ3n) is 10.2. The molecule has 260 valence electrons. The van der Waals surface area contributed by atoms with Crippen LogP contribution in [0.4, 0.5) is 5.69 Å². The van der Waals surface area contributed by atoms with Gasteiger partial charge in [0.05, 0.1) is 54.8 Å². The molecule has 3 aromatic rings. The molecule has 3 aliphatic rings. The molecule has 3 fully saturated rings. The summed E-state index contributed by atoms with van der Waals surface area (Å²) >= 11 is 0. The summed E-state index contributed by atoms with van der Waals surface area (Å²) < 4.78 is 39.8. The van der Waals surface area contributed by atoms with Crippen molar-refractivity contribution in [2.45, 2.75) is 95.7 Å². The van der Waals surface area contributed by atoms with E-state index in [0.29, 0.717) is 43.7 Å². The maximum atomic E-state index is 10.3. The highest BCUT2D eigenvalue weighted by molar-refractivity contribution is 6.76. The first-order valence-electron chi connectivity index (χ1n) is 17.3. The fraction of sp³-hybridized carbons (Fsp3) is 0.611. The summed E-state index contributed by atoms with van der Waals surface area (Å²) in [6.07, 6.45) is -0.833. The molecule has 6 rings (SSSR count). The molecule has 0 N–H and O–H groups in total. The van der Waals surface area contributed by atoms with Crippen molar-refractivity contribution in [3.63, 3.8) is 0 Å². The molecule has 3 aliphatic heterocycles. The monoisotopic (exact) mass is 692 g/mol. The van der Waals surface area contributed by atoms with E-state index in [-0.39, 0.29) is 29.5 Å². The Bertz CT molecular complexity index is 1620. The van der Waals surface area contributed by atoms with Crippen LogP contribution in [0, 0.1) is 11.3 Å². The molecular formula is C36H52N4O6Si2. The predicted octanol–water partition coefficient (Wildman–Crippen LogP) is 6.66. The fourth-order valence-electron chi connectivity index (χ4n) is 6.22. The average Bonchev–Trinajstić information content (AvgIpc) is 3.72. The third-order valence-corrected chi connectivity index (χ3v) is 16.4. The zero-order valence-electron chi connectivity index (χ0n) is 29.9. The lowest BCUT2D eigenvalue weighted by Crippen LogP contribution is -2.47. The largest absolute Gasteiger partial charge is 0.470 e. The molecule has 4 atom stereocenters. The molecule has 48 heavy (non-hydrogen) atoms. The number of pyridine rings is 1. The first-order chi connectivity index (χ1) is 22.7. The summed E-state index contributed by atoms with van der Waals surface area (Å²) in [5.41, 5.74) is 4.73. The van der Waals surface area contributed by atoms with Gasteiger partial charge in [0.1, 0.15) is 25.0 Å². The SMILES string of the molecule is CC(C)(C)[Si](C)(C)O[C@@H]1CO[C@H]2[C@@H]1OC[C@H]2Oc1cc2nc(-c3ccc(N4CCOCC4)cc3)c(C#N)cc2n1COCC[Si](C)(C)C. The number of nitrogens with zero attached hydrogens (tertiary/aromatic N) is 4. The van der Waals surface area contributed by atoms with Gasteiger partial charge in [0, 0.05) is 45.1 Å². The number of aromatic nitrogens is 2. The van der Waals surface area contributed by atoms with Gasteiger partial charge < -0.3 is 33.0 Å². The summed E-state index contributed by atoms with van der Waals surface area (Å²) in [5, 5.41) is 10.4. The highest BCUT2D eigenvalue weighted by Gasteiger charge is 2.52. The van der Waals surface area contributed by atoms with Crippen LogP contribution in [0.3, 0.4) is 0 Å². The van der Waals surface area contributed by atoms with E-state index in [9.17, 15) is 5.26 Å². The lowest BCUT2D eigenvalue weighted by Gasteiger charge is -2.39. The van der Waals surface area contributed by atoms with Gasteiger partial charge in [-0.2, -0.15) is 5.26 Å². The average molecular weight is 693 g/mol. The van der Waals surface area contributed by atoms with E-state index >= 15 is 0 Å². The van der Waals surface area contributed by atoms with Crippen LogP contribution in [0.2, 0.25) is 43.8 Å². The Morgan fingerprint density at radius 3 is 2.27 bits per heavy atom. The standard InChI is InChI=1S/C36H52N4O6Si2/c1-36(2,3)48(7,8)46-31-23-44-34-30(22-43-35(31)34)45-32-20-28-29(40(32)24-42-17-18-47(4,5)6)19-26(21-37)33(38-28)25-9-11-27(12-10-25)39-13-15-41-16-14-39/h9-12,19-20,30-31,34-35H,13-18,22-24H2,1-8H3/t30-,31-,34-,35-/m1/s1. The second kappa shape index (κ2) is 13.9. The molecule has 10 nitrogen and oxygen atoms in total. The molecule has 0 aliphatic carbocycles. The van der Waals surface area contributed by atoms with Crippen LogP contribution in [0.5, 0.6) is 5.88 Å². The quantitative estimate of drug-likeness (QED) is 0.161. The minimum atomic E-state index is -2.00. The second-order valence-electron chi connectivity index (χ2n) is 16.0. The molecule has 0 bridgehead atoms. The normalized spacial score (nSPS) is 23.4. The van der Waals surface area contributed by atoms with Crippen LogP contribution in [-0.4, -0.2) is 96.5 Å². The van der Waals surface area contributed by atoms with E-state index in [1.165, 1.54) is 0 Å². The minimum Gasteiger partial charge on any atom is -0.470 e. The van der Waals surface area contributed by atoms with E-state index in [2.05, 4.69) is 76.6 Å². The smallest absolute Gasteiger partial charge is 0.198 e. The molecule has 1 aromatic carbocycles. The molecule has 0 radical (unpaired) electrons. The topological polar surface area (TPSA) is 100 Å². The number of morpholine rings is 1. The zero-order valence-corrected chi connectivity index (χ0v) is 31.9. The number of fused-ring (bicyclic) bond motifs is 2. The Balaban J connectivity index is 1.27. The Hall–Kier alpha value is -2.77. The molecule has 0 amide bonds. The van der Waals surface area contributed by atoms with Gasteiger partial charge in [0.15, 0.2) is 20.3 Å². The highest BCUT2D eigenvalue weighted by Crippen LogP contribution is 2.41. The fourth-order valence-corrected chi connectivity index (χ4v) is 8.29. The van der Waals surface area contributed by atoms with Crippen LogP contribution in [-0.2, 0) is 30.1 Å². The van der Waals surface area contributed by atoms with E-state index in [4.69, 9.17) is 33.1 Å². The molecular weight excluding hydrogens is 641 g/mol. The molecule has 5 heterocycles. The maximum absolute atomic E-state index is 10.3. The van der Waals surface area contributed by atoms with E-state index in [1.807, 2.05) is 28.8 Å². The molecule has 0 spiro atoms. The molecule has 12 heteroatoms. The van der Waals surface area contributed by atoms with E-state index in [1.54, 1.807) is 0 Å². The second-order valence-corrected chi connectivity index (χ2v) is 26.4. The third kappa shape index (κ3) is 7.52. The van der Waals surface area contributed by atoms with Gasteiger partial charge in [-0.15, -0.1) is 0 Å². The van der Waals surface area contributed by atoms with Crippen molar-refractivity contribution in [1.82, 2.24) is 9.55 Å². The van der Waals surface area contributed by atoms with Crippen LogP contribution in [0.25, 0.3) is 22.3 Å². The highest BCUT2D eigenvalue weighted by atomic mass is 28.4. The zero-order chi connectivity index (χ0) is 34.3. The number of benzene rings is 1. The number of anilines is 1. The molecule has 2 aromatic heterocycles. The van der Waals surface area contributed by atoms with Crippen molar-refractivity contribution in [3.05, 3.63) is 42.0 Å². The van der Waals surface area contributed by atoms with E-state index in [0.717, 1.165) is 54.6 Å². The predicted molar refractivity (Wildman–Crippen MR) is 193 cm³/mol. The van der Waals surface area contributed by atoms with Gasteiger partial charge in [-0.05, 0) is 42.4 Å².